The lowest BCUT2D eigenvalue weighted by atomic mass is 10.2. The lowest BCUT2D eigenvalue weighted by Crippen LogP contribution is -2.00. The van der Waals surface area contributed by atoms with Crippen LogP contribution in [-0.4, -0.2) is 9.91 Å². The van der Waals surface area contributed by atoms with Gasteiger partial charge in [-0.1, -0.05) is 6.07 Å². The van der Waals surface area contributed by atoms with Crippen molar-refractivity contribution in [3.05, 3.63) is 62.4 Å². The number of alkyl halides is 1. The maximum atomic E-state index is 11.0. The summed E-state index contributed by atoms with van der Waals surface area (Å²) in [4.78, 5) is 14.5. The summed E-state index contributed by atoms with van der Waals surface area (Å²) in [6, 6.07) is 6.52. The highest BCUT2D eigenvalue weighted by Crippen LogP contribution is 2.29. The highest BCUT2D eigenvalue weighted by Gasteiger charge is 2.16. The van der Waals surface area contributed by atoms with Crippen LogP contribution in [0.4, 0.5) is 5.69 Å². The fraction of sp³-hybridized carbons (Fsp3) is 0.154. The van der Waals surface area contributed by atoms with Crippen LogP contribution in [0, 0.1) is 10.1 Å². The molecule has 5 nitrogen and oxygen atoms in total. The number of nitro groups is 1. The lowest BCUT2D eigenvalue weighted by molar-refractivity contribution is -0.386. The van der Waals surface area contributed by atoms with E-state index in [1.807, 2.05) is 6.07 Å². The Morgan fingerprint density at radius 3 is 2.75 bits per heavy atom. The topological polar surface area (TPSA) is 65.3 Å². The van der Waals surface area contributed by atoms with E-state index in [9.17, 15) is 10.1 Å². The molecule has 0 saturated carbocycles. The monoisotopic (exact) mass is 356 g/mol. The van der Waals surface area contributed by atoms with Gasteiger partial charge in [0.2, 0.25) is 0 Å². The molecule has 2 aromatic rings. The number of nitro benzene ring substituents is 1. The first kappa shape index (κ1) is 14.7. The van der Waals surface area contributed by atoms with Crippen molar-refractivity contribution >= 4 is 33.2 Å². The second-order valence-corrected chi connectivity index (χ2v) is 5.18. The van der Waals surface area contributed by atoms with E-state index in [2.05, 4.69) is 20.9 Å². The Morgan fingerprint density at radius 1 is 1.30 bits per heavy atom. The van der Waals surface area contributed by atoms with Gasteiger partial charge in [-0.15, -0.1) is 11.6 Å². The Balaban J connectivity index is 2.18. The molecule has 1 heterocycles. The molecular weight excluding hydrogens is 348 g/mol. The molecule has 0 amide bonds. The van der Waals surface area contributed by atoms with Gasteiger partial charge in [0, 0.05) is 34.4 Å². The molecule has 20 heavy (non-hydrogen) atoms. The molecule has 0 bridgehead atoms. The van der Waals surface area contributed by atoms with Crippen LogP contribution >= 0.6 is 27.5 Å². The third kappa shape index (κ3) is 3.68. The van der Waals surface area contributed by atoms with Gasteiger partial charge in [-0.2, -0.15) is 0 Å². The van der Waals surface area contributed by atoms with E-state index in [0.29, 0.717) is 5.56 Å². The van der Waals surface area contributed by atoms with Crippen LogP contribution < -0.4 is 4.74 Å². The smallest absolute Gasteiger partial charge is 0.311 e. The van der Waals surface area contributed by atoms with Crippen LogP contribution in [0.5, 0.6) is 5.75 Å². The van der Waals surface area contributed by atoms with Crippen LogP contribution in [0.2, 0.25) is 0 Å². The average Bonchev–Trinajstić information content (AvgIpc) is 2.45. The molecule has 1 aromatic carbocycles. The Kier molecular flexibility index (Phi) is 4.92. The predicted octanol–water partition coefficient (Wildman–Crippen LogP) is 4.07. The lowest BCUT2D eigenvalue weighted by Gasteiger charge is -2.07. The minimum Gasteiger partial charge on any atom is -0.482 e. The van der Waals surface area contributed by atoms with Gasteiger partial charge in [-0.05, 0) is 33.6 Å². The van der Waals surface area contributed by atoms with Gasteiger partial charge in [-0.3, -0.25) is 15.1 Å². The number of rotatable bonds is 5. The van der Waals surface area contributed by atoms with Gasteiger partial charge < -0.3 is 4.74 Å². The summed E-state index contributed by atoms with van der Waals surface area (Å²) in [6.07, 6.45) is 3.30. The van der Waals surface area contributed by atoms with E-state index in [1.54, 1.807) is 24.5 Å². The minimum absolute atomic E-state index is 0.0916. The first-order valence-electron chi connectivity index (χ1n) is 5.65. The summed E-state index contributed by atoms with van der Waals surface area (Å²) in [5, 5.41) is 11.0. The number of halogens is 2. The molecule has 0 N–H and O–H groups in total. The van der Waals surface area contributed by atoms with Gasteiger partial charge in [0.05, 0.1) is 4.92 Å². The number of hydrogen-bond donors (Lipinski definition) is 0. The third-order valence-electron chi connectivity index (χ3n) is 2.53. The van der Waals surface area contributed by atoms with Crippen molar-refractivity contribution < 1.29 is 9.66 Å². The van der Waals surface area contributed by atoms with Crippen LogP contribution in [-0.2, 0) is 12.5 Å². The van der Waals surface area contributed by atoms with Crippen LogP contribution in [0.25, 0.3) is 0 Å². The van der Waals surface area contributed by atoms with Crippen LogP contribution in [0.3, 0.4) is 0 Å². The van der Waals surface area contributed by atoms with Gasteiger partial charge in [0.25, 0.3) is 0 Å². The molecule has 0 unspecified atom stereocenters. The number of hydrogen-bond acceptors (Lipinski definition) is 4. The Morgan fingerprint density at radius 2 is 2.10 bits per heavy atom. The highest BCUT2D eigenvalue weighted by molar-refractivity contribution is 9.10. The van der Waals surface area contributed by atoms with E-state index in [0.717, 1.165) is 10.0 Å². The molecule has 0 aliphatic carbocycles. The number of aromatic nitrogens is 1. The molecule has 0 saturated heterocycles. The van der Waals surface area contributed by atoms with E-state index < -0.39 is 4.92 Å². The fourth-order valence-electron chi connectivity index (χ4n) is 1.61. The Bertz CT molecular complexity index is 637. The van der Waals surface area contributed by atoms with Crippen molar-refractivity contribution in [2.24, 2.45) is 0 Å². The van der Waals surface area contributed by atoms with Crippen molar-refractivity contribution in [3.8, 4) is 5.75 Å². The molecule has 0 fully saturated rings. The summed E-state index contributed by atoms with van der Waals surface area (Å²) >= 11 is 8.97. The second-order valence-electron chi connectivity index (χ2n) is 3.99. The summed E-state index contributed by atoms with van der Waals surface area (Å²) in [7, 11) is 0. The minimum atomic E-state index is -0.482. The fourth-order valence-corrected chi connectivity index (χ4v) is 2.19. The van der Waals surface area contributed by atoms with E-state index in [4.69, 9.17) is 16.3 Å². The van der Waals surface area contributed by atoms with Crippen molar-refractivity contribution in [1.82, 2.24) is 4.98 Å². The second kappa shape index (κ2) is 6.67. The Hall–Kier alpha value is -1.66. The zero-order valence-corrected chi connectivity index (χ0v) is 12.6. The van der Waals surface area contributed by atoms with E-state index in [1.165, 1.54) is 6.07 Å². The predicted molar refractivity (Wildman–Crippen MR) is 78.9 cm³/mol. The molecule has 0 radical (unpaired) electrons. The summed E-state index contributed by atoms with van der Waals surface area (Å²) in [5.74, 6) is 0.431. The van der Waals surface area contributed by atoms with Crippen molar-refractivity contribution in [1.29, 1.82) is 0 Å². The van der Waals surface area contributed by atoms with Gasteiger partial charge in [-0.25, -0.2) is 0 Å². The van der Waals surface area contributed by atoms with Crippen molar-refractivity contribution in [2.75, 3.05) is 0 Å². The molecule has 2 rings (SSSR count). The van der Waals surface area contributed by atoms with Crippen LogP contribution in [0.15, 0.2) is 41.1 Å². The molecule has 7 heteroatoms. The summed E-state index contributed by atoms with van der Waals surface area (Å²) in [5.41, 5.74) is 1.40. The zero-order valence-electron chi connectivity index (χ0n) is 10.3. The van der Waals surface area contributed by atoms with Gasteiger partial charge in [0.1, 0.15) is 6.61 Å². The first-order valence-corrected chi connectivity index (χ1v) is 6.98. The van der Waals surface area contributed by atoms with Crippen molar-refractivity contribution in [3.63, 3.8) is 0 Å². The molecule has 0 aliphatic rings. The molecule has 104 valence electrons. The largest absolute Gasteiger partial charge is 0.482 e. The third-order valence-corrected chi connectivity index (χ3v) is 3.27. The molecule has 0 spiro atoms. The molecule has 1 aromatic heterocycles. The quantitative estimate of drug-likeness (QED) is 0.459. The maximum Gasteiger partial charge on any atom is 0.311 e. The number of nitrogens with zero attached hydrogens (tertiary/aromatic N) is 2. The molecule has 0 atom stereocenters. The average molecular weight is 358 g/mol. The molecular formula is C13H10BrClN2O3. The van der Waals surface area contributed by atoms with Crippen molar-refractivity contribution in [2.45, 2.75) is 12.5 Å². The zero-order chi connectivity index (χ0) is 14.5. The summed E-state index contributed by atoms with van der Waals surface area (Å²) in [6.45, 7) is 0.202. The van der Waals surface area contributed by atoms with Gasteiger partial charge in [0.15, 0.2) is 5.75 Å². The summed E-state index contributed by atoms with van der Waals surface area (Å²) < 4.78 is 6.32. The Labute approximate surface area is 128 Å². The number of benzene rings is 1. The number of ether oxygens (including phenoxy) is 1. The molecule has 0 aliphatic heterocycles. The normalized spacial score (nSPS) is 10.3. The SMILES string of the molecule is O=[N+]([O-])c1cc(CCl)ccc1OCc1cncc(Br)c1. The van der Waals surface area contributed by atoms with Crippen LogP contribution in [0.1, 0.15) is 11.1 Å². The maximum absolute atomic E-state index is 11.0. The van der Waals surface area contributed by atoms with E-state index in [-0.39, 0.29) is 23.9 Å². The van der Waals surface area contributed by atoms with Gasteiger partial charge >= 0.3 is 5.69 Å². The highest BCUT2D eigenvalue weighted by atomic mass is 79.9. The standard InChI is InChI=1S/C13H10BrClN2O3/c14-11-3-10(6-16-7-11)8-20-13-2-1-9(5-15)4-12(13)17(18)19/h1-4,6-7H,5,8H2. The first-order chi connectivity index (χ1) is 9.60. The van der Waals surface area contributed by atoms with E-state index >= 15 is 0 Å². The number of pyridine rings is 1.